The summed E-state index contributed by atoms with van der Waals surface area (Å²) in [4.78, 5) is 4.41. The van der Waals surface area contributed by atoms with E-state index in [1.807, 2.05) is 0 Å². The van der Waals surface area contributed by atoms with Crippen molar-refractivity contribution in [2.24, 2.45) is 4.99 Å². The molecule has 5 heteroatoms. The molecule has 0 rings (SSSR count). The van der Waals surface area contributed by atoms with Crippen LogP contribution in [0.2, 0.25) is 0 Å². The van der Waals surface area contributed by atoms with E-state index >= 15 is 0 Å². The van der Waals surface area contributed by atoms with Crippen LogP contribution in [0.5, 0.6) is 0 Å². The van der Waals surface area contributed by atoms with Crippen LogP contribution >= 0.6 is 0 Å². The van der Waals surface area contributed by atoms with E-state index in [0.29, 0.717) is 13.2 Å². The second-order valence-electron chi connectivity index (χ2n) is 3.65. The fraction of sp³-hybridized carbons (Fsp3) is 0.917. The zero-order valence-corrected chi connectivity index (χ0v) is 11.4. The number of rotatable bonds is 10. The first kappa shape index (κ1) is 16.2. The lowest BCUT2D eigenvalue weighted by Gasteiger charge is -2.11. The lowest BCUT2D eigenvalue weighted by molar-refractivity contribution is 0.0698. The number of guanidine groups is 1. The van der Waals surface area contributed by atoms with Gasteiger partial charge < -0.3 is 20.1 Å². The summed E-state index contributed by atoms with van der Waals surface area (Å²) in [6.07, 6.45) is 2.04. The molecular formula is C12H27N3O2. The average molecular weight is 245 g/mol. The number of hydrogen-bond acceptors (Lipinski definition) is 3. The lowest BCUT2D eigenvalue weighted by atomic mass is 10.4. The Kier molecular flexibility index (Phi) is 12.6. The fourth-order valence-corrected chi connectivity index (χ4v) is 1.19. The molecule has 0 saturated heterocycles. The maximum Gasteiger partial charge on any atom is 0.191 e. The van der Waals surface area contributed by atoms with Crippen molar-refractivity contribution >= 4 is 5.96 Å². The van der Waals surface area contributed by atoms with Gasteiger partial charge in [0, 0.05) is 33.4 Å². The zero-order valence-electron chi connectivity index (χ0n) is 11.4. The van der Waals surface area contributed by atoms with Gasteiger partial charge in [0.05, 0.1) is 13.2 Å². The van der Waals surface area contributed by atoms with Crippen molar-refractivity contribution in [1.29, 1.82) is 0 Å². The third-order valence-electron chi connectivity index (χ3n) is 2.03. The third-order valence-corrected chi connectivity index (χ3v) is 2.03. The molecule has 2 N–H and O–H groups in total. The van der Waals surface area contributed by atoms with Crippen LogP contribution < -0.4 is 10.6 Å². The molecule has 0 aliphatic heterocycles. The molecule has 0 aliphatic rings. The highest BCUT2D eigenvalue weighted by atomic mass is 16.5. The quantitative estimate of drug-likeness (QED) is 0.342. The first-order valence-corrected chi connectivity index (χ1v) is 6.44. The van der Waals surface area contributed by atoms with Crippen LogP contribution in [-0.2, 0) is 9.47 Å². The minimum absolute atomic E-state index is 0.661. The molecule has 0 heterocycles. The van der Waals surface area contributed by atoms with Crippen molar-refractivity contribution in [2.45, 2.75) is 26.7 Å². The van der Waals surface area contributed by atoms with Crippen molar-refractivity contribution < 1.29 is 9.47 Å². The van der Waals surface area contributed by atoms with E-state index in [4.69, 9.17) is 9.47 Å². The van der Waals surface area contributed by atoms with Gasteiger partial charge in [0.1, 0.15) is 0 Å². The molecule has 0 radical (unpaired) electrons. The van der Waals surface area contributed by atoms with Gasteiger partial charge in [0.25, 0.3) is 0 Å². The Morgan fingerprint density at radius 3 is 2.59 bits per heavy atom. The van der Waals surface area contributed by atoms with E-state index in [9.17, 15) is 0 Å². The first-order chi connectivity index (χ1) is 8.35. The Morgan fingerprint density at radius 2 is 1.94 bits per heavy atom. The van der Waals surface area contributed by atoms with Gasteiger partial charge in [-0.05, 0) is 19.8 Å². The van der Waals surface area contributed by atoms with E-state index in [0.717, 1.165) is 45.0 Å². The van der Waals surface area contributed by atoms with Crippen LogP contribution in [0, 0.1) is 0 Å². The van der Waals surface area contributed by atoms with Gasteiger partial charge in [0.15, 0.2) is 5.96 Å². The number of aliphatic imine (C=N–C) groups is 1. The molecular weight excluding hydrogens is 218 g/mol. The Labute approximate surface area is 105 Å². The Bertz CT molecular complexity index is 187. The van der Waals surface area contributed by atoms with E-state index in [2.05, 4.69) is 29.5 Å². The van der Waals surface area contributed by atoms with Crippen molar-refractivity contribution in [3.63, 3.8) is 0 Å². The Balaban J connectivity index is 3.47. The van der Waals surface area contributed by atoms with Crippen LogP contribution in [0.1, 0.15) is 26.7 Å². The molecule has 102 valence electrons. The lowest BCUT2D eigenvalue weighted by Crippen LogP contribution is -2.38. The molecule has 0 spiro atoms. The predicted molar refractivity (Wildman–Crippen MR) is 71.6 cm³/mol. The van der Waals surface area contributed by atoms with Crippen molar-refractivity contribution in [3.05, 3.63) is 0 Å². The molecule has 0 aliphatic carbocycles. The summed E-state index contributed by atoms with van der Waals surface area (Å²) in [5.41, 5.74) is 0. The van der Waals surface area contributed by atoms with Gasteiger partial charge in [-0.1, -0.05) is 6.92 Å². The molecule has 0 atom stereocenters. The molecule has 0 fully saturated rings. The molecule has 17 heavy (non-hydrogen) atoms. The van der Waals surface area contributed by atoms with Gasteiger partial charge in [-0.3, -0.25) is 4.99 Å². The van der Waals surface area contributed by atoms with Gasteiger partial charge in [-0.25, -0.2) is 0 Å². The second-order valence-corrected chi connectivity index (χ2v) is 3.65. The molecule has 0 aromatic carbocycles. The van der Waals surface area contributed by atoms with Gasteiger partial charge in [-0.2, -0.15) is 0 Å². The highest BCUT2D eigenvalue weighted by molar-refractivity contribution is 5.79. The highest BCUT2D eigenvalue weighted by Gasteiger charge is 1.95. The number of nitrogens with zero attached hydrogens (tertiary/aromatic N) is 1. The van der Waals surface area contributed by atoms with Crippen LogP contribution in [0.15, 0.2) is 4.99 Å². The maximum atomic E-state index is 5.37. The van der Waals surface area contributed by atoms with Crippen LogP contribution in [-0.4, -0.2) is 52.5 Å². The predicted octanol–water partition coefficient (Wildman–Crippen LogP) is 1.00. The maximum absolute atomic E-state index is 5.37. The number of ether oxygens (including phenoxy) is 2. The van der Waals surface area contributed by atoms with E-state index in [-0.39, 0.29) is 0 Å². The Hall–Kier alpha value is -0.810. The molecule has 0 amide bonds. The smallest absolute Gasteiger partial charge is 0.191 e. The average Bonchev–Trinajstić information content (AvgIpc) is 2.34. The van der Waals surface area contributed by atoms with Crippen LogP contribution in [0.3, 0.4) is 0 Å². The zero-order chi connectivity index (χ0) is 12.8. The van der Waals surface area contributed by atoms with Crippen LogP contribution in [0.25, 0.3) is 0 Å². The molecule has 0 aromatic rings. The summed E-state index contributed by atoms with van der Waals surface area (Å²) in [6, 6.07) is 0. The third kappa shape index (κ3) is 11.5. The topological polar surface area (TPSA) is 54.9 Å². The number of nitrogens with one attached hydrogen (secondary N) is 2. The molecule has 5 nitrogen and oxygen atoms in total. The summed E-state index contributed by atoms with van der Waals surface area (Å²) in [5, 5.41) is 6.48. The Morgan fingerprint density at radius 1 is 1.12 bits per heavy atom. The monoisotopic (exact) mass is 245 g/mol. The van der Waals surface area contributed by atoms with Gasteiger partial charge >= 0.3 is 0 Å². The molecule has 0 saturated carbocycles. The van der Waals surface area contributed by atoms with Crippen molar-refractivity contribution in [2.75, 3.05) is 46.6 Å². The van der Waals surface area contributed by atoms with Gasteiger partial charge in [-0.15, -0.1) is 0 Å². The van der Waals surface area contributed by atoms with Crippen LogP contribution in [0.4, 0.5) is 0 Å². The van der Waals surface area contributed by atoms with E-state index in [1.165, 1.54) is 0 Å². The fourth-order valence-electron chi connectivity index (χ4n) is 1.19. The molecule has 0 unspecified atom stereocenters. The highest BCUT2D eigenvalue weighted by Crippen LogP contribution is 1.83. The van der Waals surface area contributed by atoms with E-state index in [1.54, 1.807) is 7.11 Å². The largest absolute Gasteiger partial charge is 0.382 e. The summed E-state index contributed by atoms with van der Waals surface area (Å²) >= 11 is 0. The minimum Gasteiger partial charge on any atom is -0.382 e. The van der Waals surface area contributed by atoms with E-state index < -0.39 is 0 Å². The summed E-state index contributed by atoms with van der Waals surface area (Å²) in [7, 11) is 1.68. The summed E-state index contributed by atoms with van der Waals surface area (Å²) in [5.74, 6) is 0.895. The summed E-state index contributed by atoms with van der Waals surface area (Å²) < 4.78 is 10.3. The molecule has 0 aromatic heterocycles. The summed E-state index contributed by atoms with van der Waals surface area (Å²) in [6.45, 7) is 8.90. The SMILES string of the molecule is CCCN=C(NCC)NCCCOCCOC. The molecule has 0 bridgehead atoms. The normalized spacial score (nSPS) is 11.6. The van der Waals surface area contributed by atoms with Gasteiger partial charge in [0.2, 0.25) is 0 Å². The standard InChI is InChI=1S/C12H27N3O2/c1-4-7-14-12(13-5-2)15-8-6-9-17-11-10-16-3/h4-11H2,1-3H3,(H2,13,14,15). The van der Waals surface area contributed by atoms with Crippen molar-refractivity contribution in [3.8, 4) is 0 Å². The minimum atomic E-state index is 0.661. The number of methoxy groups -OCH3 is 1. The number of hydrogen-bond donors (Lipinski definition) is 2. The second kappa shape index (κ2) is 13.3. The van der Waals surface area contributed by atoms with Crippen molar-refractivity contribution in [1.82, 2.24) is 10.6 Å². The first-order valence-electron chi connectivity index (χ1n) is 6.44.